The number of furan rings is 1. The van der Waals surface area contributed by atoms with Gasteiger partial charge in [0.2, 0.25) is 10.0 Å². The van der Waals surface area contributed by atoms with Crippen molar-refractivity contribution in [2.45, 2.75) is 13.0 Å². The van der Waals surface area contributed by atoms with Gasteiger partial charge in [0, 0.05) is 5.41 Å². The normalized spacial score (nSPS) is 13.6. The lowest BCUT2D eigenvalue weighted by molar-refractivity contribution is 0.242. The summed E-state index contributed by atoms with van der Waals surface area (Å²) in [6, 6.07) is 9.90. The maximum atomic E-state index is 12.0. The minimum absolute atomic E-state index is 0.366. The van der Waals surface area contributed by atoms with Crippen molar-refractivity contribution in [3.8, 4) is 0 Å². The predicted molar refractivity (Wildman–Crippen MR) is 80.8 cm³/mol. The minimum Gasteiger partial charge on any atom is -0.468 e. The van der Waals surface area contributed by atoms with Gasteiger partial charge in [-0.3, -0.25) is 0 Å². The van der Waals surface area contributed by atoms with Gasteiger partial charge in [0.25, 0.3) is 0 Å². The fourth-order valence-electron chi connectivity index (χ4n) is 1.76. The number of benzene rings is 1. The summed E-state index contributed by atoms with van der Waals surface area (Å²) in [4.78, 5) is 0. The Morgan fingerprint density at radius 2 is 2.00 bits per heavy atom. The van der Waals surface area contributed by atoms with E-state index in [1.165, 1.54) is 12.3 Å². The lowest BCUT2D eigenvalue weighted by atomic mass is 10.2. The molecule has 1 unspecified atom stereocenters. The molecular formula is C15H17NO4S. The Morgan fingerprint density at radius 1 is 1.29 bits per heavy atom. The number of hydrogen-bond donors (Lipinski definition) is 2. The lowest BCUT2D eigenvalue weighted by Crippen LogP contribution is -2.28. The van der Waals surface area contributed by atoms with E-state index in [0.29, 0.717) is 5.76 Å². The fraction of sp³-hybridized carbons (Fsp3) is 0.200. The van der Waals surface area contributed by atoms with Gasteiger partial charge in [-0.2, -0.15) is 4.72 Å². The molecule has 21 heavy (non-hydrogen) atoms. The summed E-state index contributed by atoms with van der Waals surface area (Å²) in [5.41, 5.74) is 1.89. The van der Waals surface area contributed by atoms with E-state index < -0.39 is 16.1 Å². The van der Waals surface area contributed by atoms with E-state index in [2.05, 4.69) is 4.72 Å². The first kappa shape index (κ1) is 15.5. The van der Waals surface area contributed by atoms with Crippen LogP contribution in [0.5, 0.6) is 0 Å². The van der Waals surface area contributed by atoms with Crippen LogP contribution >= 0.6 is 0 Å². The molecule has 0 fully saturated rings. The number of sulfonamides is 1. The fourth-order valence-corrected chi connectivity index (χ4v) is 2.76. The molecule has 0 saturated carbocycles. The highest BCUT2D eigenvalue weighted by atomic mass is 32.2. The quantitative estimate of drug-likeness (QED) is 0.857. The van der Waals surface area contributed by atoms with Gasteiger partial charge in [0.05, 0.1) is 12.9 Å². The second-order valence-electron chi connectivity index (χ2n) is 4.63. The Hall–Kier alpha value is -1.89. The van der Waals surface area contributed by atoms with E-state index in [0.717, 1.165) is 16.5 Å². The molecule has 2 aromatic rings. The number of nitrogens with one attached hydrogen (secondary N) is 1. The molecule has 5 nitrogen and oxygen atoms in total. The second kappa shape index (κ2) is 6.71. The third-order valence-electron chi connectivity index (χ3n) is 2.89. The zero-order valence-electron chi connectivity index (χ0n) is 11.6. The van der Waals surface area contributed by atoms with Crippen LogP contribution in [0, 0.1) is 6.92 Å². The van der Waals surface area contributed by atoms with Crippen molar-refractivity contribution in [1.29, 1.82) is 0 Å². The monoisotopic (exact) mass is 307 g/mol. The highest BCUT2D eigenvalue weighted by molar-refractivity contribution is 7.92. The van der Waals surface area contributed by atoms with Crippen molar-refractivity contribution < 1.29 is 17.9 Å². The van der Waals surface area contributed by atoms with Crippen LogP contribution in [0.1, 0.15) is 22.9 Å². The summed E-state index contributed by atoms with van der Waals surface area (Å²) in [5, 5.41) is 10.3. The van der Waals surface area contributed by atoms with Crippen molar-refractivity contribution in [2.75, 3.05) is 6.61 Å². The maximum absolute atomic E-state index is 12.0. The van der Waals surface area contributed by atoms with Crippen molar-refractivity contribution in [3.63, 3.8) is 0 Å². The van der Waals surface area contributed by atoms with Gasteiger partial charge in [-0.15, -0.1) is 0 Å². The van der Waals surface area contributed by atoms with E-state index in [1.54, 1.807) is 12.1 Å². The van der Waals surface area contributed by atoms with E-state index >= 15 is 0 Å². The smallest absolute Gasteiger partial charge is 0.234 e. The topological polar surface area (TPSA) is 79.5 Å². The summed E-state index contributed by atoms with van der Waals surface area (Å²) in [6.07, 6.45) is 2.92. The third kappa shape index (κ3) is 4.56. The third-order valence-corrected chi connectivity index (χ3v) is 4.00. The largest absolute Gasteiger partial charge is 0.468 e. The van der Waals surface area contributed by atoms with E-state index in [9.17, 15) is 13.5 Å². The molecule has 1 aromatic heterocycles. The Bertz CT molecular complexity index is 688. The van der Waals surface area contributed by atoms with Gasteiger partial charge in [0.15, 0.2) is 0 Å². The summed E-state index contributed by atoms with van der Waals surface area (Å²) in [7, 11) is -3.68. The van der Waals surface area contributed by atoms with Crippen LogP contribution in [0.4, 0.5) is 0 Å². The first-order valence-corrected chi connectivity index (χ1v) is 7.96. The van der Waals surface area contributed by atoms with Gasteiger partial charge in [-0.25, -0.2) is 8.42 Å². The molecule has 0 bridgehead atoms. The Balaban J connectivity index is 2.09. The van der Waals surface area contributed by atoms with Crippen LogP contribution in [0.25, 0.3) is 6.08 Å². The Labute approximate surface area is 124 Å². The van der Waals surface area contributed by atoms with Crippen LogP contribution in [0.15, 0.2) is 52.5 Å². The highest BCUT2D eigenvalue weighted by Crippen LogP contribution is 2.14. The Morgan fingerprint density at radius 3 is 2.57 bits per heavy atom. The van der Waals surface area contributed by atoms with Crippen molar-refractivity contribution in [2.24, 2.45) is 0 Å². The minimum atomic E-state index is -3.68. The molecule has 2 N–H and O–H groups in total. The zero-order chi connectivity index (χ0) is 15.3. The van der Waals surface area contributed by atoms with Crippen LogP contribution in [-0.2, 0) is 10.0 Å². The second-order valence-corrected chi connectivity index (χ2v) is 6.22. The molecule has 0 aliphatic heterocycles. The molecular weight excluding hydrogens is 290 g/mol. The molecule has 6 heteroatoms. The van der Waals surface area contributed by atoms with Crippen molar-refractivity contribution >= 4 is 16.1 Å². The van der Waals surface area contributed by atoms with Gasteiger partial charge in [-0.05, 0) is 30.7 Å². The zero-order valence-corrected chi connectivity index (χ0v) is 12.4. The molecule has 0 saturated heterocycles. The number of hydrogen-bond acceptors (Lipinski definition) is 4. The van der Waals surface area contributed by atoms with E-state index in [4.69, 9.17) is 4.42 Å². The molecule has 2 rings (SSSR count). The molecule has 1 heterocycles. The summed E-state index contributed by atoms with van der Waals surface area (Å²) in [5.74, 6) is 0.366. The predicted octanol–water partition coefficient (Wildman–Crippen LogP) is 2.21. The van der Waals surface area contributed by atoms with Gasteiger partial charge < -0.3 is 9.52 Å². The first-order valence-electron chi connectivity index (χ1n) is 6.41. The van der Waals surface area contributed by atoms with Crippen LogP contribution in [-0.4, -0.2) is 20.1 Å². The number of aliphatic hydroxyl groups is 1. The van der Waals surface area contributed by atoms with Crippen molar-refractivity contribution in [3.05, 3.63) is 65.0 Å². The molecule has 112 valence electrons. The van der Waals surface area contributed by atoms with E-state index in [-0.39, 0.29) is 6.61 Å². The summed E-state index contributed by atoms with van der Waals surface area (Å²) in [6.45, 7) is 1.58. The van der Waals surface area contributed by atoms with Gasteiger partial charge in [0.1, 0.15) is 11.8 Å². The number of rotatable bonds is 6. The summed E-state index contributed by atoms with van der Waals surface area (Å²) >= 11 is 0. The molecule has 0 aliphatic carbocycles. The average molecular weight is 307 g/mol. The maximum Gasteiger partial charge on any atom is 0.234 e. The van der Waals surface area contributed by atoms with Crippen LogP contribution in [0.3, 0.4) is 0 Å². The van der Waals surface area contributed by atoms with Crippen LogP contribution in [0.2, 0.25) is 0 Å². The molecule has 1 atom stereocenters. The van der Waals surface area contributed by atoms with Gasteiger partial charge in [-0.1, -0.05) is 29.8 Å². The number of aliphatic hydroxyl groups excluding tert-OH is 1. The summed E-state index contributed by atoms with van der Waals surface area (Å²) < 4.78 is 31.4. The molecule has 0 radical (unpaired) electrons. The molecule has 0 aliphatic rings. The van der Waals surface area contributed by atoms with Crippen molar-refractivity contribution in [1.82, 2.24) is 4.72 Å². The van der Waals surface area contributed by atoms with Gasteiger partial charge >= 0.3 is 0 Å². The molecule has 0 amide bonds. The standard InChI is InChI=1S/C15H17NO4S/c1-12-4-6-13(7-5-12)8-10-21(18,19)16-14(11-17)15-3-2-9-20-15/h2-10,14,16-17H,11H2,1H3/b10-8+. The molecule has 0 spiro atoms. The molecule has 1 aromatic carbocycles. The van der Waals surface area contributed by atoms with Crippen LogP contribution < -0.4 is 4.72 Å². The average Bonchev–Trinajstić information content (AvgIpc) is 2.98. The lowest BCUT2D eigenvalue weighted by Gasteiger charge is -2.12. The Kier molecular flexibility index (Phi) is 4.95. The highest BCUT2D eigenvalue weighted by Gasteiger charge is 2.18. The van der Waals surface area contributed by atoms with E-state index in [1.807, 2.05) is 31.2 Å². The first-order chi connectivity index (χ1) is 10.00. The SMILES string of the molecule is Cc1ccc(/C=C/S(=O)(=O)NC(CO)c2ccco2)cc1. The number of aryl methyl sites for hydroxylation is 1.